The Kier molecular flexibility index (Phi) is 7.78. The molecule has 6 rings (SSSR count). The van der Waals surface area contributed by atoms with E-state index < -0.39 is 24.2 Å². The minimum absolute atomic E-state index is 0.448. The Hall–Kier alpha value is -1.97. The van der Waals surface area contributed by atoms with Crippen LogP contribution >= 0.6 is 17.2 Å². The fraction of sp³-hybridized carbons (Fsp3) is 0.176. The van der Waals surface area contributed by atoms with Crippen molar-refractivity contribution in [2.75, 3.05) is 0 Å². The van der Waals surface area contributed by atoms with E-state index in [0.29, 0.717) is 11.8 Å². The van der Waals surface area contributed by atoms with Crippen molar-refractivity contribution in [1.29, 1.82) is 0 Å². The monoisotopic (exact) mass is 717 g/mol. The first kappa shape index (κ1) is 26.3. The van der Waals surface area contributed by atoms with Crippen LogP contribution in [0.1, 0.15) is 47.9 Å². The van der Waals surface area contributed by atoms with E-state index in [1.54, 1.807) is 0 Å². The van der Waals surface area contributed by atoms with Crippen LogP contribution in [0.2, 0.25) is 12.1 Å². The molecule has 189 valence electrons. The molecule has 4 aromatic carbocycles. The zero-order valence-corrected chi connectivity index (χ0v) is 28.1. The van der Waals surface area contributed by atoms with Gasteiger partial charge in [-0.3, -0.25) is 0 Å². The summed E-state index contributed by atoms with van der Waals surface area (Å²) in [4.78, 5) is 0. The third-order valence-corrected chi connectivity index (χ3v) is 38.0. The maximum absolute atomic E-state index is 7.01. The fourth-order valence-corrected chi connectivity index (χ4v) is 27.1. The zero-order chi connectivity index (χ0) is 26.2. The van der Waals surface area contributed by atoms with E-state index in [1.807, 2.05) is 0 Å². The number of allylic oxidation sites excluding steroid dienone is 2. The van der Waals surface area contributed by atoms with Crippen molar-refractivity contribution in [3.05, 3.63) is 130 Å². The molecule has 0 fully saturated rings. The Labute approximate surface area is 242 Å². The summed E-state index contributed by atoms with van der Waals surface area (Å²) in [5.74, 6) is -0.429. The van der Waals surface area contributed by atoms with Gasteiger partial charge in [0.05, 0.1) is 0 Å². The Morgan fingerprint density at radius 2 is 1.00 bits per heavy atom. The van der Waals surface area contributed by atoms with Crippen LogP contribution in [0.4, 0.5) is 0 Å². The van der Waals surface area contributed by atoms with Crippen molar-refractivity contribution >= 4 is 35.3 Å². The van der Waals surface area contributed by atoms with E-state index in [0.717, 1.165) is 0 Å². The van der Waals surface area contributed by atoms with Crippen LogP contribution in [0.15, 0.2) is 108 Å². The summed E-state index contributed by atoms with van der Waals surface area (Å²) in [6.45, 7) is 4.61. The second-order valence-corrected chi connectivity index (χ2v) is 42.9. The van der Waals surface area contributed by atoms with Gasteiger partial charge in [0.2, 0.25) is 0 Å². The summed E-state index contributed by atoms with van der Waals surface area (Å²) in [6, 6.07) is 37.5. The quantitative estimate of drug-likeness (QED) is 0.167. The van der Waals surface area contributed by atoms with Gasteiger partial charge < -0.3 is 0 Å². The molecule has 0 heterocycles. The molecule has 2 aliphatic rings. The average molecular weight is 717 g/mol. The Morgan fingerprint density at radius 1 is 0.579 bits per heavy atom. The van der Waals surface area contributed by atoms with E-state index in [-0.39, 0.29) is 0 Å². The van der Waals surface area contributed by atoms with Gasteiger partial charge in [-0.25, -0.2) is 0 Å². The Morgan fingerprint density at radius 3 is 1.39 bits per heavy atom. The van der Waals surface area contributed by atoms with E-state index in [1.165, 1.54) is 67.7 Å². The van der Waals surface area contributed by atoms with E-state index in [4.69, 9.17) is 17.2 Å². The van der Waals surface area contributed by atoms with Gasteiger partial charge in [0, 0.05) is 0 Å². The van der Waals surface area contributed by atoms with Crippen molar-refractivity contribution in [3.63, 3.8) is 0 Å². The van der Waals surface area contributed by atoms with Crippen LogP contribution in [0, 0.1) is 0 Å². The molecule has 0 radical (unpaired) electrons. The van der Waals surface area contributed by atoms with E-state index in [2.05, 4.69) is 123 Å². The van der Waals surface area contributed by atoms with Crippen molar-refractivity contribution in [3.8, 4) is 22.3 Å². The summed E-state index contributed by atoms with van der Waals surface area (Å²) in [5, 5.41) is 0. The predicted octanol–water partition coefficient (Wildman–Crippen LogP) is 10.4. The normalized spacial score (nSPS) is 18.4. The third-order valence-electron chi connectivity index (χ3n) is 8.39. The number of rotatable bonds is 7. The van der Waals surface area contributed by atoms with Crippen LogP contribution in [-0.4, -0.2) is 5.98 Å². The van der Waals surface area contributed by atoms with Crippen LogP contribution in [0.25, 0.3) is 34.4 Å². The topological polar surface area (TPSA) is 0 Å². The van der Waals surface area contributed by atoms with Gasteiger partial charge in [-0.05, 0) is 0 Å². The molecular weight excluding hydrogens is 686 g/mol. The zero-order valence-electron chi connectivity index (χ0n) is 21.8. The first-order valence-corrected chi connectivity index (χ1v) is 30.8. The molecule has 0 aromatic heterocycles. The molecule has 38 heavy (non-hydrogen) atoms. The summed E-state index contributed by atoms with van der Waals surface area (Å²) < 4.78 is 0. The van der Waals surface area contributed by atoms with Gasteiger partial charge in [-0.15, -0.1) is 0 Å². The van der Waals surface area contributed by atoms with Gasteiger partial charge in [-0.1, -0.05) is 0 Å². The third kappa shape index (κ3) is 5.02. The standard InChI is InChI=1S/C34H31Si.2ClH.Hf/c1-23-19-31-27(25-11-5-3-6-12-25)15-9-17-29(31)33(23)21-35-22-34-24(2)20-32-28(16-10-18-30(32)34)26-13-7-4-8-14-26;;;/h3-20,33-35H,21-22H2,1-2H3;2*1H;/q;;;+2/p-2. The molecule has 0 spiro atoms. The van der Waals surface area contributed by atoms with Crippen LogP contribution in [0.3, 0.4) is 0 Å². The molecule has 0 nitrogen and oxygen atoms in total. The fourth-order valence-electron chi connectivity index (χ4n) is 6.45. The van der Waals surface area contributed by atoms with Crippen LogP contribution < -0.4 is 0 Å². The molecule has 0 saturated heterocycles. The number of hydrogen-bond acceptors (Lipinski definition) is 0. The van der Waals surface area contributed by atoms with Crippen molar-refractivity contribution in [1.82, 2.24) is 0 Å². The summed E-state index contributed by atoms with van der Waals surface area (Å²) in [6.07, 6.45) is 4.84. The number of hydrogen-bond donors (Lipinski definition) is 0. The first-order chi connectivity index (χ1) is 18.5. The predicted molar refractivity (Wildman–Crippen MR) is 165 cm³/mol. The summed E-state index contributed by atoms with van der Waals surface area (Å²) in [5.41, 5.74) is 13.9. The van der Waals surface area contributed by atoms with Crippen molar-refractivity contribution in [2.24, 2.45) is 0 Å². The second kappa shape index (κ2) is 11.3. The van der Waals surface area contributed by atoms with Gasteiger partial charge in [0.25, 0.3) is 0 Å². The summed E-state index contributed by atoms with van der Waals surface area (Å²) in [7, 11) is 14.0. The molecule has 0 N–H and O–H groups in total. The number of benzene rings is 4. The van der Waals surface area contributed by atoms with Crippen molar-refractivity contribution in [2.45, 2.75) is 37.8 Å². The van der Waals surface area contributed by atoms with Crippen molar-refractivity contribution < 1.29 is 18.2 Å². The molecule has 0 saturated carbocycles. The van der Waals surface area contributed by atoms with Gasteiger partial charge >= 0.3 is 244 Å². The van der Waals surface area contributed by atoms with Gasteiger partial charge in [0.15, 0.2) is 0 Å². The van der Waals surface area contributed by atoms with Crippen LogP contribution in [-0.2, 0) is 18.2 Å². The Balaban J connectivity index is 1.29. The maximum atomic E-state index is 7.01. The molecule has 4 aromatic rings. The second-order valence-electron chi connectivity index (χ2n) is 10.7. The molecular formula is C34H31Cl2HfSi. The van der Waals surface area contributed by atoms with Crippen LogP contribution in [0.5, 0.6) is 0 Å². The average Bonchev–Trinajstić information content (AvgIpc) is 3.44. The van der Waals surface area contributed by atoms with Gasteiger partial charge in [0.1, 0.15) is 0 Å². The SMILES string of the molecule is CC1=Cc2c(-c3ccccc3)cccc2C1C[SiH](CC1C(C)=Cc2c(-c3ccccc3)cccc21)[Hf]([Cl])[Cl]. The first-order valence-electron chi connectivity index (χ1n) is 13.4. The molecule has 4 heteroatoms. The molecule has 0 aliphatic heterocycles. The number of halogens is 2. The summed E-state index contributed by atoms with van der Waals surface area (Å²) >= 11 is -2.60. The molecule has 2 atom stereocenters. The molecule has 2 unspecified atom stereocenters. The molecule has 0 bridgehead atoms. The minimum atomic E-state index is -2.60. The van der Waals surface area contributed by atoms with Gasteiger partial charge in [-0.2, -0.15) is 0 Å². The van der Waals surface area contributed by atoms with E-state index >= 15 is 0 Å². The number of fused-ring (bicyclic) bond motifs is 2. The van der Waals surface area contributed by atoms with E-state index in [9.17, 15) is 0 Å². The molecule has 2 aliphatic carbocycles. The Bertz CT molecular complexity index is 1410. The molecule has 0 amide bonds.